The van der Waals surface area contributed by atoms with Gasteiger partial charge in [0.15, 0.2) is 0 Å². The van der Waals surface area contributed by atoms with E-state index >= 15 is 0 Å². The third-order valence-corrected chi connectivity index (χ3v) is 1.92. The molecule has 0 spiro atoms. The van der Waals surface area contributed by atoms with Gasteiger partial charge in [-0.2, -0.15) is 0 Å². The van der Waals surface area contributed by atoms with Crippen LogP contribution < -0.4 is 4.74 Å². The SMILES string of the molecule is CN=C(C)c1c(O)cccc1OC. The van der Waals surface area contributed by atoms with Gasteiger partial charge in [0.05, 0.1) is 12.7 Å². The second kappa shape index (κ2) is 3.94. The van der Waals surface area contributed by atoms with Gasteiger partial charge in [0.1, 0.15) is 11.5 Å². The molecule has 0 heterocycles. The van der Waals surface area contributed by atoms with Gasteiger partial charge in [-0.1, -0.05) is 6.07 Å². The summed E-state index contributed by atoms with van der Waals surface area (Å²) in [5, 5.41) is 9.56. The lowest BCUT2D eigenvalue weighted by molar-refractivity contribution is 0.406. The lowest BCUT2D eigenvalue weighted by Crippen LogP contribution is -1.99. The van der Waals surface area contributed by atoms with Crippen LogP contribution in [0.2, 0.25) is 0 Å². The van der Waals surface area contributed by atoms with Crippen molar-refractivity contribution < 1.29 is 9.84 Å². The molecule has 0 radical (unpaired) electrons. The lowest BCUT2D eigenvalue weighted by Gasteiger charge is -2.08. The smallest absolute Gasteiger partial charge is 0.131 e. The zero-order valence-corrected chi connectivity index (χ0v) is 8.03. The topological polar surface area (TPSA) is 41.8 Å². The fraction of sp³-hybridized carbons (Fsp3) is 0.300. The normalized spacial score (nSPS) is 11.5. The number of phenols is 1. The van der Waals surface area contributed by atoms with E-state index in [4.69, 9.17) is 4.74 Å². The van der Waals surface area contributed by atoms with Crippen molar-refractivity contribution in [3.05, 3.63) is 23.8 Å². The minimum atomic E-state index is 0.197. The largest absolute Gasteiger partial charge is 0.507 e. The average Bonchev–Trinajstić information content (AvgIpc) is 2.16. The fourth-order valence-electron chi connectivity index (χ4n) is 1.17. The van der Waals surface area contributed by atoms with Crippen LogP contribution in [-0.2, 0) is 0 Å². The first-order valence-electron chi connectivity index (χ1n) is 4.00. The lowest BCUT2D eigenvalue weighted by atomic mass is 10.1. The summed E-state index contributed by atoms with van der Waals surface area (Å²) in [6.45, 7) is 1.83. The monoisotopic (exact) mass is 179 g/mol. The van der Waals surface area contributed by atoms with Gasteiger partial charge in [0, 0.05) is 12.8 Å². The molecule has 1 aromatic rings. The van der Waals surface area contributed by atoms with Crippen molar-refractivity contribution in [2.45, 2.75) is 6.92 Å². The molecular formula is C10H13NO2. The molecular weight excluding hydrogens is 166 g/mol. The molecule has 0 unspecified atom stereocenters. The summed E-state index contributed by atoms with van der Waals surface area (Å²) in [6.07, 6.45) is 0. The molecule has 0 aromatic heterocycles. The van der Waals surface area contributed by atoms with E-state index in [0.717, 1.165) is 5.71 Å². The van der Waals surface area contributed by atoms with E-state index in [9.17, 15) is 5.11 Å². The molecule has 0 saturated carbocycles. The van der Waals surface area contributed by atoms with Crippen molar-refractivity contribution >= 4 is 5.71 Å². The first-order valence-corrected chi connectivity index (χ1v) is 4.00. The van der Waals surface area contributed by atoms with Crippen LogP contribution >= 0.6 is 0 Å². The number of methoxy groups -OCH3 is 1. The van der Waals surface area contributed by atoms with Crippen LogP contribution in [0.25, 0.3) is 0 Å². The Morgan fingerprint density at radius 3 is 2.69 bits per heavy atom. The summed E-state index contributed by atoms with van der Waals surface area (Å²) in [5.41, 5.74) is 1.42. The minimum absolute atomic E-state index is 0.197. The minimum Gasteiger partial charge on any atom is -0.507 e. The summed E-state index contributed by atoms with van der Waals surface area (Å²) in [6, 6.07) is 5.15. The van der Waals surface area contributed by atoms with E-state index in [0.29, 0.717) is 11.3 Å². The quantitative estimate of drug-likeness (QED) is 0.704. The Morgan fingerprint density at radius 2 is 2.15 bits per heavy atom. The molecule has 1 N–H and O–H groups in total. The molecule has 3 heteroatoms. The van der Waals surface area contributed by atoms with E-state index in [2.05, 4.69) is 4.99 Å². The van der Waals surface area contributed by atoms with Gasteiger partial charge in [-0.3, -0.25) is 4.99 Å². The Labute approximate surface area is 77.7 Å². The van der Waals surface area contributed by atoms with E-state index in [1.54, 1.807) is 32.4 Å². The van der Waals surface area contributed by atoms with Crippen LogP contribution in [0.5, 0.6) is 11.5 Å². The average molecular weight is 179 g/mol. The predicted molar refractivity (Wildman–Crippen MR) is 52.8 cm³/mol. The van der Waals surface area contributed by atoms with E-state index < -0.39 is 0 Å². The third-order valence-electron chi connectivity index (χ3n) is 1.92. The van der Waals surface area contributed by atoms with Crippen molar-refractivity contribution in [1.29, 1.82) is 0 Å². The van der Waals surface area contributed by atoms with Crippen molar-refractivity contribution in [2.75, 3.05) is 14.2 Å². The van der Waals surface area contributed by atoms with Crippen LogP contribution in [0, 0.1) is 0 Å². The zero-order chi connectivity index (χ0) is 9.84. The molecule has 0 amide bonds. The number of aromatic hydroxyl groups is 1. The van der Waals surface area contributed by atoms with Crippen molar-refractivity contribution in [3.8, 4) is 11.5 Å². The highest BCUT2D eigenvalue weighted by molar-refractivity contribution is 6.03. The first-order chi connectivity index (χ1) is 6.20. The van der Waals surface area contributed by atoms with Crippen LogP contribution in [-0.4, -0.2) is 25.0 Å². The number of aliphatic imine (C=N–C) groups is 1. The Hall–Kier alpha value is -1.51. The summed E-state index contributed by atoms with van der Waals surface area (Å²) in [5.74, 6) is 0.838. The predicted octanol–water partition coefficient (Wildman–Crippen LogP) is 1.84. The molecule has 0 fully saturated rings. The van der Waals surface area contributed by atoms with E-state index in [1.807, 2.05) is 6.92 Å². The standard InChI is InChI=1S/C10H13NO2/c1-7(11-2)10-8(12)5-4-6-9(10)13-3/h4-6,12H,1-3H3. The van der Waals surface area contributed by atoms with Gasteiger partial charge in [-0.05, 0) is 19.1 Å². The summed E-state index contributed by atoms with van der Waals surface area (Å²) in [7, 11) is 3.25. The number of benzene rings is 1. The molecule has 1 rings (SSSR count). The molecule has 0 saturated heterocycles. The molecule has 13 heavy (non-hydrogen) atoms. The molecule has 0 aliphatic rings. The molecule has 3 nitrogen and oxygen atoms in total. The second-order valence-corrected chi connectivity index (χ2v) is 2.66. The zero-order valence-electron chi connectivity index (χ0n) is 8.03. The number of ether oxygens (including phenoxy) is 1. The molecule has 0 aliphatic heterocycles. The van der Waals surface area contributed by atoms with Gasteiger partial charge in [0.2, 0.25) is 0 Å². The highest BCUT2D eigenvalue weighted by Gasteiger charge is 2.09. The Kier molecular flexibility index (Phi) is 2.90. The highest BCUT2D eigenvalue weighted by Crippen LogP contribution is 2.27. The van der Waals surface area contributed by atoms with E-state index in [-0.39, 0.29) is 5.75 Å². The Morgan fingerprint density at radius 1 is 1.46 bits per heavy atom. The molecule has 1 aromatic carbocycles. The number of hydrogen-bond acceptors (Lipinski definition) is 3. The second-order valence-electron chi connectivity index (χ2n) is 2.66. The van der Waals surface area contributed by atoms with Gasteiger partial charge >= 0.3 is 0 Å². The number of phenolic OH excluding ortho intramolecular Hbond substituents is 1. The molecule has 0 bridgehead atoms. The summed E-state index contributed by atoms with van der Waals surface area (Å²) in [4.78, 5) is 4.00. The van der Waals surface area contributed by atoms with Crippen molar-refractivity contribution in [1.82, 2.24) is 0 Å². The summed E-state index contributed by atoms with van der Waals surface area (Å²) < 4.78 is 5.11. The van der Waals surface area contributed by atoms with E-state index in [1.165, 1.54) is 0 Å². The number of hydrogen-bond donors (Lipinski definition) is 1. The maximum absolute atomic E-state index is 9.56. The van der Waals surface area contributed by atoms with Crippen LogP contribution in [0.15, 0.2) is 23.2 Å². The van der Waals surface area contributed by atoms with Gasteiger partial charge in [0.25, 0.3) is 0 Å². The molecule has 70 valence electrons. The maximum atomic E-state index is 9.56. The first kappa shape index (κ1) is 9.58. The Balaban J connectivity index is 3.31. The summed E-state index contributed by atoms with van der Waals surface area (Å²) >= 11 is 0. The van der Waals surface area contributed by atoms with Gasteiger partial charge in [-0.25, -0.2) is 0 Å². The van der Waals surface area contributed by atoms with Crippen LogP contribution in [0.3, 0.4) is 0 Å². The van der Waals surface area contributed by atoms with Gasteiger partial charge < -0.3 is 9.84 Å². The number of rotatable bonds is 2. The van der Waals surface area contributed by atoms with Crippen molar-refractivity contribution in [2.24, 2.45) is 4.99 Å². The highest BCUT2D eigenvalue weighted by atomic mass is 16.5. The van der Waals surface area contributed by atoms with Crippen LogP contribution in [0.1, 0.15) is 12.5 Å². The molecule has 0 aliphatic carbocycles. The van der Waals surface area contributed by atoms with Crippen LogP contribution in [0.4, 0.5) is 0 Å². The maximum Gasteiger partial charge on any atom is 0.131 e. The fourth-order valence-corrected chi connectivity index (χ4v) is 1.17. The molecule has 0 atom stereocenters. The third kappa shape index (κ3) is 1.80. The van der Waals surface area contributed by atoms with Gasteiger partial charge in [-0.15, -0.1) is 0 Å². The number of nitrogens with zero attached hydrogens (tertiary/aromatic N) is 1. The Bertz CT molecular complexity index is 332. The van der Waals surface area contributed by atoms with Crippen molar-refractivity contribution in [3.63, 3.8) is 0 Å².